The average molecular weight is 605 g/mol. The van der Waals surface area contributed by atoms with Crippen LogP contribution in [0.3, 0.4) is 0 Å². The molecule has 1 aromatic heterocycles. The van der Waals surface area contributed by atoms with Crippen molar-refractivity contribution >= 4 is 50.0 Å². The number of phenolic OH excluding ortho intramolecular Hbond substituents is 1. The third-order valence-corrected chi connectivity index (χ3v) is 8.73. The highest BCUT2D eigenvalue weighted by Crippen LogP contribution is 2.31. The summed E-state index contributed by atoms with van der Waals surface area (Å²) in [6, 6.07) is 17.7. The highest BCUT2D eigenvalue weighted by atomic mass is 32.2. The van der Waals surface area contributed by atoms with E-state index in [1.165, 1.54) is 44.2 Å². The fourth-order valence-electron chi connectivity index (χ4n) is 5.24. The number of sulfonamides is 1. The van der Waals surface area contributed by atoms with E-state index in [0.29, 0.717) is 28.2 Å². The molecule has 1 amide bonds. The van der Waals surface area contributed by atoms with E-state index < -0.39 is 10.0 Å². The van der Waals surface area contributed by atoms with E-state index in [4.69, 9.17) is 4.74 Å². The van der Waals surface area contributed by atoms with Crippen molar-refractivity contribution in [3.05, 3.63) is 66.7 Å². The first-order valence-electron chi connectivity index (χ1n) is 14.3. The largest absolute Gasteiger partial charge is 0.508 e. The second-order valence-corrected chi connectivity index (χ2v) is 12.3. The van der Waals surface area contributed by atoms with Crippen molar-refractivity contribution in [2.45, 2.75) is 37.5 Å². The number of nitrogens with zero attached hydrogens (tertiary/aromatic N) is 3. The van der Waals surface area contributed by atoms with Gasteiger partial charge in [0.25, 0.3) is 10.0 Å². The van der Waals surface area contributed by atoms with Gasteiger partial charge < -0.3 is 20.5 Å². The summed E-state index contributed by atoms with van der Waals surface area (Å²) in [4.78, 5) is 24.0. The van der Waals surface area contributed by atoms with Crippen LogP contribution in [0.2, 0.25) is 0 Å². The zero-order chi connectivity index (χ0) is 30.4. The SMILES string of the molecule is CCCC1CCN(CC(=O)Nc2cccc(S(=O)(=O)Nc3nc4ccccc4nc3Nc3cc(O)cc(OC)c3)c2)CC1. The van der Waals surface area contributed by atoms with Gasteiger partial charge in [-0.2, -0.15) is 0 Å². The Morgan fingerprint density at radius 1 is 0.977 bits per heavy atom. The van der Waals surface area contributed by atoms with Crippen molar-refractivity contribution in [3.63, 3.8) is 0 Å². The fourth-order valence-corrected chi connectivity index (χ4v) is 6.30. The Bertz CT molecular complexity index is 1710. The summed E-state index contributed by atoms with van der Waals surface area (Å²) in [5.41, 5.74) is 1.82. The molecule has 0 unspecified atom stereocenters. The maximum atomic E-state index is 13.5. The number of amides is 1. The number of phenols is 1. The minimum atomic E-state index is -4.14. The van der Waals surface area contributed by atoms with E-state index in [2.05, 4.69) is 37.1 Å². The smallest absolute Gasteiger partial charge is 0.263 e. The lowest BCUT2D eigenvalue weighted by molar-refractivity contribution is -0.117. The van der Waals surface area contributed by atoms with E-state index in [1.54, 1.807) is 42.5 Å². The number of ether oxygens (including phenoxy) is 1. The molecule has 5 rings (SSSR count). The molecule has 1 aliphatic heterocycles. The third kappa shape index (κ3) is 7.70. The molecule has 2 heterocycles. The molecular weight excluding hydrogens is 568 g/mol. The quantitative estimate of drug-likeness (QED) is 0.178. The molecule has 12 heteroatoms. The van der Waals surface area contributed by atoms with Crippen LogP contribution in [-0.4, -0.2) is 61.0 Å². The molecule has 43 heavy (non-hydrogen) atoms. The number of anilines is 4. The molecule has 226 valence electrons. The van der Waals surface area contributed by atoms with E-state index in [-0.39, 0.29) is 34.7 Å². The van der Waals surface area contributed by atoms with Crippen molar-refractivity contribution in [2.24, 2.45) is 5.92 Å². The summed E-state index contributed by atoms with van der Waals surface area (Å²) in [5.74, 6) is 0.981. The Labute approximate surface area is 251 Å². The van der Waals surface area contributed by atoms with Crippen molar-refractivity contribution in [2.75, 3.05) is 42.1 Å². The second kappa shape index (κ2) is 13.3. The molecule has 4 aromatic rings. The van der Waals surface area contributed by atoms with E-state index in [0.717, 1.165) is 31.8 Å². The monoisotopic (exact) mass is 604 g/mol. The average Bonchev–Trinajstić information content (AvgIpc) is 2.98. The van der Waals surface area contributed by atoms with E-state index >= 15 is 0 Å². The first-order chi connectivity index (χ1) is 20.7. The molecule has 1 aliphatic rings. The van der Waals surface area contributed by atoms with Crippen LogP contribution < -0.4 is 20.1 Å². The molecular formula is C31H36N6O5S. The van der Waals surface area contributed by atoms with Crippen LogP contribution in [0.15, 0.2) is 71.6 Å². The van der Waals surface area contributed by atoms with Crippen LogP contribution in [0.5, 0.6) is 11.5 Å². The minimum Gasteiger partial charge on any atom is -0.508 e. The molecule has 3 aromatic carbocycles. The zero-order valence-corrected chi connectivity index (χ0v) is 25.0. The predicted molar refractivity (Wildman–Crippen MR) is 167 cm³/mol. The van der Waals surface area contributed by atoms with Crippen LogP contribution >= 0.6 is 0 Å². The molecule has 0 atom stereocenters. The number of piperidine rings is 1. The summed E-state index contributed by atoms with van der Waals surface area (Å²) in [5, 5.41) is 16.0. The van der Waals surface area contributed by atoms with Gasteiger partial charge >= 0.3 is 0 Å². The molecule has 0 bridgehead atoms. The van der Waals surface area contributed by atoms with Gasteiger partial charge in [0, 0.05) is 29.6 Å². The lowest BCUT2D eigenvalue weighted by Gasteiger charge is -2.31. The number of methoxy groups -OCH3 is 1. The molecule has 1 saturated heterocycles. The zero-order valence-electron chi connectivity index (χ0n) is 24.2. The number of benzene rings is 3. The van der Waals surface area contributed by atoms with Crippen LogP contribution in [0.4, 0.5) is 23.0 Å². The third-order valence-electron chi connectivity index (χ3n) is 7.39. The maximum Gasteiger partial charge on any atom is 0.263 e. The topological polar surface area (TPSA) is 146 Å². The first-order valence-corrected chi connectivity index (χ1v) is 15.8. The molecule has 0 saturated carbocycles. The first kappa shape index (κ1) is 30.1. The minimum absolute atomic E-state index is 0.0399. The van der Waals surface area contributed by atoms with Gasteiger partial charge in [-0.3, -0.25) is 14.4 Å². The number of aromatic hydroxyl groups is 1. The number of nitrogens with one attached hydrogen (secondary N) is 3. The Morgan fingerprint density at radius 2 is 1.70 bits per heavy atom. The highest BCUT2D eigenvalue weighted by Gasteiger charge is 2.22. The fraction of sp³-hybridized carbons (Fsp3) is 0.323. The van der Waals surface area contributed by atoms with E-state index in [9.17, 15) is 18.3 Å². The number of likely N-dealkylation sites (tertiary alicyclic amines) is 1. The second-order valence-electron chi connectivity index (χ2n) is 10.6. The van der Waals surface area contributed by atoms with Crippen molar-refractivity contribution < 1.29 is 23.1 Å². The van der Waals surface area contributed by atoms with Crippen molar-refractivity contribution in [1.82, 2.24) is 14.9 Å². The van der Waals surface area contributed by atoms with Gasteiger partial charge in [0.1, 0.15) is 11.5 Å². The summed E-state index contributed by atoms with van der Waals surface area (Å²) in [6.45, 7) is 4.23. The lowest BCUT2D eigenvalue weighted by Crippen LogP contribution is -2.39. The predicted octanol–water partition coefficient (Wildman–Crippen LogP) is 5.34. The van der Waals surface area contributed by atoms with Gasteiger partial charge in [-0.25, -0.2) is 18.4 Å². The maximum absolute atomic E-state index is 13.5. The molecule has 0 spiro atoms. The summed E-state index contributed by atoms with van der Waals surface area (Å²) < 4.78 is 34.9. The number of hydrogen-bond donors (Lipinski definition) is 4. The standard InChI is InChI=1S/C31H36N6O5S/c1-3-7-21-12-14-37(15-13-21)20-29(39)32-22-8-6-9-26(18-22)43(40,41)36-31-30(34-27-10-4-5-11-28(27)35-31)33-23-16-24(38)19-25(17-23)42-2/h4-6,8-11,16-19,21,38H,3,7,12-15,20H2,1-2H3,(H,32,39)(H,33,34)(H,35,36). The lowest BCUT2D eigenvalue weighted by atomic mass is 9.92. The Hall–Kier alpha value is -4.42. The molecule has 0 radical (unpaired) electrons. The summed E-state index contributed by atoms with van der Waals surface area (Å²) in [6.07, 6.45) is 4.58. The van der Waals surface area contributed by atoms with Gasteiger partial charge in [-0.15, -0.1) is 0 Å². The number of fused-ring (bicyclic) bond motifs is 1. The number of carbonyl (C=O) groups is 1. The molecule has 11 nitrogen and oxygen atoms in total. The normalized spacial score (nSPS) is 14.4. The van der Waals surface area contributed by atoms with Crippen LogP contribution in [0.25, 0.3) is 11.0 Å². The van der Waals surface area contributed by atoms with Crippen LogP contribution in [0.1, 0.15) is 32.6 Å². The number of rotatable bonds is 11. The number of hydrogen-bond acceptors (Lipinski definition) is 9. The number of carbonyl (C=O) groups excluding carboxylic acids is 1. The van der Waals surface area contributed by atoms with Crippen LogP contribution in [0, 0.1) is 5.92 Å². The van der Waals surface area contributed by atoms with Crippen LogP contribution in [-0.2, 0) is 14.8 Å². The number of aromatic nitrogens is 2. The molecule has 0 aliphatic carbocycles. The molecule has 4 N–H and O–H groups in total. The summed E-state index contributed by atoms with van der Waals surface area (Å²) in [7, 11) is -2.67. The summed E-state index contributed by atoms with van der Waals surface area (Å²) >= 11 is 0. The van der Waals surface area contributed by atoms with Gasteiger partial charge in [0.2, 0.25) is 5.91 Å². The van der Waals surface area contributed by atoms with E-state index in [1.807, 2.05) is 0 Å². The number of para-hydroxylation sites is 2. The Morgan fingerprint density at radius 3 is 2.40 bits per heavy atom. The van der Waals surface area contributed by atoms with Gasteiger partial charge in [0.05, 0.1) is 29.6 Å². The Kier molecular flexibility index (Phi) is 9.27. The molecule has 1 fully saturated rings. The van der Waals surface area contributed by atoms with Gasteiger partial charge in [-0.1, -0.05) is 38.0 Å². The van der Waals surface area contributed by atoms with Gasteiger partial charge in [0.15, 0.2) is 11.6 Å². The van der Waals surface area contributed by atoms with Crippen molar-refractivity contribution in [3.8, 4) is 11.5 Å². The Balaban J connectivity index is 1.34. The van der Waals surface area contributed by atoms with Gasteiger partial charge in [-0.05, 0) is 62.2 Å². The van der Waals surface area contributed by atoms with Crippen molar-refractivity contribution in [1.29, 1.82) is 0 Å². The highest BCUT2D eigenvalue weighted by molar-refractivity contribution is 7.92.